The summed E-state index contributed by atoms with van der Waals surface area (Å²) >= 11 is 0. The van der Waals surface area contributed by atoms with Crippen LogP contribution in [0.15, 0.2) is 55.2 Å². The quantitative estimate of drug-likeness (QED) is 0.521. The van der Waals surface area contributed by atoms with Gasteiger partial charge in [-0.15, -0.1) is 0 Å². The highest BCUT2D eigenvalue weighted by atomic mass is 13.7. The van der Waals surface area contributed by atoms with E-state index in [0.29, 0.717) is 0 Å². The van der Waals surface area contributed by atoms with Gasteiger partial charge in [0.05, 0.1) is 0 Å². The zero-order chi connectivity index (χ0) is 8.36. The molecule has 0 heteroatoms. The van der Waals surface area contributed by atoms with Gasteiger partial charge in [0.1, 0.15) is 0 Å². The minimum absolute atomic E-state index is 0.815. The molecule has 0 aliphatic carbocycles. The van der Waals surface area contributed by atoms with Crippen molar-refractivity contribution in [2.24, 2.45) is 0 Å². The highest BCUT2D eigenvalue weighted by molar-refractivity contribution is 5.14. The Labute approximate surface area is 68.9 Å². The summed E-state index contributed by atoms with van der Waals surface area (Å²) in [7, 11) is 0. The summed E-state index contributed by atoms with van der Waals surface area (Å²) in [6.07, 6.45) is 15.8. The van der Waals surface area contributed by atoms with Gasteiger partial charge in [-0.25, -0.2) is 0 Å². The van der Waals surface area contributed by atoms with Gasteiger partial charge in [-0.3, -0.25) is 0 Å². The molecular formula is C11H13. The molecule has 0 aliphatic rings. The van der Waals surface area contributed by atoms with Crippen LogP contribution in [0.2, 0.25) is 0 Å². The molecule has 57 valence electrons. The van der Waals surface area contributed by atoms with Crippen molar-refractivity contribution in [1.82, 2.24) is 0 Å². The van der Waals surface area contributed by atoms with Gasteiger partial charge in [0.2, 0.25) is 0 Å². The molecule has 0 saturated heterocycles. The molecule has 0 spiro atoms. The third-order valence-electron chi connectivity index (χ3n) is 0.989. The molecule has 0 atom stereocenters. The molecule has 0 unspecified atom stereocenters. The van der Waals surface area contributed by atoms with Gasteiger partial charge >= 0.3 is 0 Å². The fourth-order valence-electron chi connectivity index (χ4n) is 0.507. The van der Waals surface area contributed by atoms with Gasteiger partial charge in [-0.2, -0.15) is 0 Å². The van der Waals surface area contributed by atoms with E-state index in [1.54, 1.807) is 12.2 Å². The van der Waals surface area contributed by atoms with Gasteiger partial charge < -0.3 is 0 Å². The number of rotatable bonds is 5. The molecule has 0 amide bonds. The Hall–Kier alpha value is -1.30. The van der Waals surface area contributed by atoms with Crippen molar-refractivity contribution in [2.75, 3.05) is 0 Å². The van der Waals surface area contributed by atoms with Crippen molar-refractivity contribution in [1.29, 1.82) is 0 Å². The Bertz CT molecular complexity index is 180. The van der Waals surface area contributed by atoms with E-state index in [9.17, 15) is 0 Å². The van der Waals surface area contributed by atoms with Crippen LogP contribution in [0.4, 0.5) is 0 Å². The fraction of sp³-hybridized carbons (Fsp3) is 0.0909. The fourth-order valence-corrected chi connectivity index (χ4v) is 0.507. The summed E-state index contributed by atoms with van der Waals surface area (Å²) in [6, 6.07) is 0. The van der Waals surface area contributed by atoms with E-state index >= 15 is 0 Å². The molecule has 0 aromatic carbocycles. The Morgan fingerprint density at radius 2 is 1.64 bits per heavy atom. The lowest BCUT2D eigenvalue weighted by molar-refractivity contribution is 1.40. The van der Waals surface area contributed by atoms with Crippen molar-refractivity contribution >= 4 is 0 Å². The molecular weight excluding hydrogens is 132 g/mol. The lowest BCUT2D eigenvalue weighted by Gasteiger charge is -1.75. The topological polar surface area (TPSA) is 0 Å². The molecule has 11 heavy (non-hydrogen) atoms. The second-order valence-corrected chi connectivity index (χ2v) is 1.91. The first kappa shape index (κ1) is 9.70. The normalized spacial score (nSPS) is 11.6. The lowest BCUT2D eigenvalue weighted by Crippen LogP contribution is -1.53. The molecule has 0 aromatic heterocycles. The van der Waals surface area contributed by atoms with Gasteiger partial charge in [0.25, 0.3) is 0 Å². The molecule has 0 aliphatic heterocycles. The van der Waals surface area contributed by atoms with Crippen molar-refractivity contribution in [3.63, 3.8) is 0 Å². The zero-order valence-corrected chi connectivity index (χ0v) is 6.61. The Kier molecular flexibility index (Phi) is 7.67. The van der Waals surface area contributed by atoms with E-state index in [1.165, 1.54) is 0 Å². The van der Waals surface area contributed by atoms with Crippen LogP contribution in [-0.4, -0.2) is 0 Å². The zero-order valence-electron chi connectivity index (χ0n) is 6.61. The van der Waals surface area contributed by atoms with Crippen LogP contribution in [-0.2, 0) is 0 Å². The van der Waals surface area contributed by atoms with E-state index in [2.05, 4.69) is 6.58 Å². The molecule has 0 fully saturated rings. The van der Waals surface area contributed by atoms with Crippen molar-refractivity contribution in [2.45, 2.75) is 6.42 Å². The predicted molar refractivity (Wildman–Crippen MR) is 51.1 cm³/mol. The largest absolute Gasteiger partial charge is 0.0991 e. The molecule has 0 saturated carbocycles. The maximum atomic E-state index is 5.16. The van der Waals surface area contributed by atoms with Crippen molar-refractivity contribution in [3.8, 4) is 0 Å². The second-order valence-electron chi connectivity index (χ2n) is 1.91. The third-order valence-corrected chi connectivity index (χ3v) is 0.989. The van der Waals surface area contributed by atoms with Crippen LogP contribution in [0.3, 0.4) is 0 Å². The molecule has 0 rings (SSSR count). The monoisotopic (exact) mass is 145 g/mol. The Morgan fingerprint density at radius 3 is 2.27 bits per heavy atom. The van der Waals surface area contributed by atoms with Gasteiger partial charge in [-0.1, -0.05) is 61.8 Å². The average molecular weight is 145 g/mol. The third kappa shape index (κ3) is 8.70. The first-order valence-corrected chi connectivity index (χ1v) is 3.56. The van der Waals surface area contributed by atoms with Crippen LogP contribution in [0, 0.1) is 6.58 Å². The van der Waals surface area contributed by atoms with Crippen molar-refractivity contribution in [3.05, 3.63) is 61.8 Å². The van der Waals surface area contributed by atoms with E-state index in [0.717, 1.165) is 6.42 Å². The summed E-state index contributed by atoms with van der Waals surface area (Å²) in [5.41, 5.74) is 0. The molecule has 0 bridgehead atoms. The summed E-state index contributed by atoms with van der Waals surface area (Å²) in [5.74, 6) is 0. The predicted octanol–water partition coefficient (Wildman–Crippen LogP) is 3.22. The maximum absolute atomic E-state index is 5.16. The second kappa shape index (κ2) is 8.70. The number of hydrogen-bond acceptors (Lipinski definition) is 0. The Balaban J connectivity index is 3.50. The summed E-state index contributed by atoms with van der Waals surface area (Å²) < 4.78 is 0. The maximum Gasteiger partial charge on any atom is -0.0163 e. The van der Waals surface area contributed by atoms with E-state index < -0.39 is 0 Å². The van der Waals surface area contributed by atoms with Gasteiger partial charge in [-0.05, 0) is 6.42 Å². The first-order chi connectivity index (χ1) is 5.41. The molecule has 0 aromatic rings. The minimum Gasteiger partial charge on any atom is -0.0991 e. The molecule has 0 nitrogen and oxygen atoms in total. The first-order valence-electron chi connectivity index (χ1n) is 3.56. The lowest BCUT2D eigenvalue weighted by atomic mass is 10.3. The standard InChI is InChI=1S/C11H13/c1-3-5-7-9-11-10-8-6-4-2/h1,3-4,6-11H,2,5H2/b3-1?,8-6+,9-7+,11-10+. The molecule has 0 heterocycles. The number of allylic oxidation sites excluding steroid dienone is 8. The van der Waals surface area contributed by atoms with E-state index in [-0.39, 0.29) is 0 Å². The molecule has 0 N–H and O–H groups in total. The van der Waals surface area contributed by atoms with Crippen LogP contribution in [0.5, 0.6) is 0 Å². The number of hydrogen-bond donors (Lipinski definition) is 0. The smallest absolute Gasteiger partial charge is 0.0163 e. The van der Waals surface area contributed by atoms with Gasteiger partial charge in [0.15, 0.2) is 0 Å². The van der Waals surface area contributed by atoms with Crippen LogP contribution >= 0.6 is 0 Å². The highest BCUT2D eigenvalue weighted by Crippen LogP contribution is 1.84. The van der Waals surface area contributed by atoms with Crippen molar-refractivity contribution < 1.29 is 0 Å². The van der Waals surface area contributed by atoms with E-state index in [4.69, 9.17) is 6.58 Å². The van der Waals surface area contributed by atoms with Crippen LogP contribution in [0.25, 0.3) is 0 Å². The van der Waals surface area contributed by atoms with Crippen LogP contribution in [0.1, 0.15) is 6.42 Å². The summed E-state index contributed by atoms with van der Waals surface area (Å²) in [6.45, 7) is 8.71. The average Bonchev–Trinajstić information content (AvgIpc) is 2.03. The Morgan fingerprint density at radius 1 is 1.00 bits per heavy atom. The summed E-state index contributed by atoms with van der Waals surface area (Å²) in [5, 5.41) is 0. The highest BCUT2D eigenvalue weighted by Gasteiger charge is 1.63. The summed E-state index contributed by atoms with van der Waals surface area (Å²) in [4.78, 5) is 0. The van der Waals surface area contributed by atoms with Crippen LogP contribution < -0.4 is 0 Å². The minimum atomic E-state index is 0.815. The molecule has 1 radical (unpaired) electrons. The van der Waals surface area contributed by atoms with Gasteiger partial charge in [0, 0.05) is 0 Å². The van der Waals surface area contributed by atoms with E-state index in [1.807, 2.05) is 36.5 Å². The SMILES string of the molecule is [CH]=CC/C=C/C=C/C=C/C=C.